The van der Waals surface area contributed by atoms with Crippen LogP contribution in [0.1, 0.15) is 27.6 Å². The van der Waals surface area contributed by atoms with Crippen molar-refractivity contribution in [3.8, 4) is 0 Å². The molecule has 0 unspecified atom stereocenters. The van der Waals surface area contributed by atoms with Crippen molar-refractivity contribution in [1.29, 1.82) is 0 Å². The van der Waals surface area contributed by atoms with Crippen LogP contribution in [0.3, 0.4) is 0 Å². The summed E-state index contributed by atoms with van der Waals surface area (Å²) in [6, 6.07) is 8.88. The number of hydrogen-bond acceptors (Lipinski definition) is 4. The molecular weight excluding hydrogens is 361 g/mol. The van der Waals surface area contributed by atoms with Crippen molar-refractivity contribution in [1.82, 2.24) is 20.3 Å². The molecule has 3 rings (SSSR count). The summed E-state index contributed by atoms with van der Waals surface area (Å²) in [7, 11) is 0. The van der Waals surface area contributed by atoms with Crippen molar-refractivity contribution in [2.24, 2.45) is 0 Å². The maximum atomic E-state index is 12.8. The second-order valence-electron chi connectivity index (χ2n) is 5.91. The summed E-state index contributed by atoms with van der Waals surface area (Å²) in [4.78, 5) is 34.2. The summed E-state index contributed by atoms with van der Waals surface area (Å²) in [5.41, 5.74) is -0.533. The van der Waals surface area contributed by atoms with Gasteiger partial charge in [-0.25, -0.2) is 9.97 Å². The molecular formula is C18H15F3N4O2. The van der Waals surface area contributed by atoms with Crippen molar-refractivity contribution in [2.75, 3.05) is 6.54 Å². The summed E-state index contributed by atoms with van der Waals surface area (Å²) in [5.74, 6) is -0.514. The minimum absolute atomic E-state index is 0.0154. The number of fused-ring (bicyclic) bond motifs is 1. The third-order valence-electron chi connectivity index (χ3n) is 3.82. The zero-order chi connectivity index (χ0) is 19.6. The van der Waals surface area contributed by atoms with E-state index in [1.165, 1.54) is 13.0 Å². The van der Waals surface area contributed by atoms with E-state index in [0.717, 1.165) is 6.07 Å². The Bertz CT molecular complexity index is 1060. The number of para-hydroxylation sites is 1. The fourth-order valence-electron chi connectivity index (χ4n) is 2.66. The van der Waals surface area contributed by atoms with Crippen LogP contribution in [0.2, 0.25) is 0 Å². The highest BCUT2D eigenvalue weighted by Gasteiger charge is 2.33. The molecule has 3 aromatic rings. The van der Waals surface area contributed by atoms with Gasteiger partial charge in [0.2, 0.25) is 5.56 Å². The molecule has 0 aliphatic rings. The van der Waals surface area contributed by atoms with E-state index in [-0.39, 0.29) is 30.0 Å². The van der Waals surface area contributed by atoms with Crippen LogP contribution in [-0.4, -0.2) is 27.4 Å². The lowest BCUT2D eigenvalue weighted by Crippen LogP contribution is -2.28. The average Bonchev–Trinajstić information content (AvgIpc) is 2.59. The normalized spacial score (nSPS) is 11.6. The zero-order valence-electron chi connectivity index (χ0n) is 14.2. The Hall–Kier alpha value is -3.23. The molecule has 0 radical (unpaired) electrons. The van der Waals surface area contributed by atoms with Crippen LogP contribution in [0.5, 0.6) is 0 Å². The molecule has 1 amide bonds. The van der Waals surface area contributed by atoms with E-state index in [4.69, 9.17) is 0 Å². The lowest BCUT2D eigenvalue weighted by atomic mass is 10.1. The van der Waals surface area contributed by atoms with E-state index >= 15 is 0 Å². The van der Waals surface area contributed by atoms with Gasteiger partial charge in [-0.3, -0.25) is 9.59 Å². The fourth-order valence-corrected chi connectivity index (χ4v) is 2.66. The summed E-state index contributed by atoms with van der Waals surface area (Å²) >= 11 is 0. The first kappa shape index (κ1) is 18.6. The number of rotatable bonds is 4. The van der Waals surface area contributed by atoms with Crippen molar-refractivity contribution in [3.05, 3.63) is 69.5 Å². The van der Waals surface area contributed by atoms with Gasteiger partial charge in [-0.15, -0.1) is 0 Å². The van der Waals surface area contributed by atoms with Gasteiger partial charge in [0.15, 0.2) is 0 Å². The van der Waals surface area contributed by atoms with Crippen LogP contribution in [-0.2, 0) is 12.6 Å². The Morgan fingerprint density at radius 2 is 1.93 bits per heavy atom. The number of amides is 1. The Kier molecular flexibility index (Phi) is 4.93. The number of carbonyl (C=O) groups is 1. The summed E-state index contributed by atoms with van der Waals surface area (Å²) < 4.78 is 38.4. The molecule has 0 aliphatic carbocycles. The van der Waals surface area contributed by atoms with Crippen molar-refractivity contribution in [3.63, 3.8) is 0 Å². The Morgan fingerprint density at radius 3 is 2.67 bits per heavy atom. The van der Waals surface area contributed by atoms with Crippen LogP contribution >= 0.6 is 0 Å². The number of nitrogens with one attached hydrogen (secondary N) is 2. The second kappa shape index (κ2) is 7.18. The second-order valence-corrected chi connectivity index (χ2v) is 5.91. The number of carbonyl (C=O) groups excluding carboxylic acids is 1. The minimum atomic E-state index is -4.56. The lowest BCUT2D eigenvalue weighted by Gasteiger charge is -2.10. The molecule has 2 aromatic heterocycles. The quantitative estimate of drug-likeness (QED) is 0.733. The van der Waals surface area contributed by atoms with Gasteiger partial charge in [-0.05, 0) is 19.1 Å². The molecule has 0 bridgehead atoms. The van der Waals surface area contributed by atoms with E-state index < -0.39 is 23.3 Å². The first-order valence-electron chi connectivity index (χ1n) is 8.06. The highest BCUT2D eigenvalue weighted by Crippen LogP contribution is 2.27. The first-order chi connectivity index (χ1) is 12.7. The van der Waals surface area contributed by atoms with Gasteiger partial charge in [-0.1, -0.05) is 18.2 Å². The van der Waals surface area contributed by atoms with Gasteiger partial charge in [0, 0.05) is 35.6 Å². The highest BCUT2D eigenvalue weighted by atomic mass is 19.4. The molecule has 0 atom stereocenters. The predicted octanol–water partition coefficient (Wildman–Crippen LogP) is 2.62. The molecule has 9 heteroatoms. The maximum Gasteiger partial charge on any atom is 0.433 e. The first-order valence-corrected chi connectivity index (χ1v) is 8.06. The van der Waals surface area contributed by atoms with E-state index in [9.17, 15) is 22.8 Å². The molecule has 1 aromatic carbocycles. The van der Waals surface area contributed by atoms with Crippen molar-refractivity contribution in [2.45, 2.75) is 19.5 Å². The topological polar surface area (TPSA) is 87.7 Å². The molecule has 0 spiro atoms. The third kappa shape index (κ3) is 4.30. The number of alkyl halides is 3. The van der Waals surface area contributed by atoms with Crippen LogP contribution in [0.15, 0.2) is 41.2 Å². The van der Waals surface area contributed by atoms with Gasteiger partial charge in [0.25, 0.3) is 5.91 Å². The smallest absolute Gasteiger partial charge is 0.352 e. The summed E-state index contributed by atoms with van der Waals surface area (Å²) in [6.07, 6.45) is -4.53. The molecule has 0 fully saturated rings. The third-order valence-corrected chi connectivity index (χ3v) is 3.82. The molecule has 140 valence electrons. The number of pyridine rings is 1. The van der Waals surface area contributed by atoms with E-state index in [1.807, 2.05) is 0 Å². The average molecular weight is 376 g/mol. The Morgan fingerprint density at radius 1 is 1.19 bits per heavy atom. The number of aromatic amines is 1. The minimum Gasteiger partial charge on any atom is -0.352 e. The summed E-state index contributed by atoms with van der Waals surface area (Å²) in [6.45, 7) is 1.47. The predicted molar refractivity (Wildman–Crippen MR) is 92.4 cm³/mol. The zero-order valence-corrected chi connectivity index (χ0v) is 14.2. The van der Waals surface area contributed by atoms with Crippen LogP contribution < -0.4 is 10.9 Å². The SMILES string of the molecule is Cc1cc(C(F)(F)F)nc(CCNC(=O)c2cc(=O)[nH]c3ccccc23)n1. The molecule has 2 heterocycles. The van der Waals surface area contributed by atoms with Crippen molar-refractivity contribution < 1.29 is 18.0 Å². The number of benzene rings is 1. The number of nitrogens with zero attached hydrogens (tertiary/aromatic N) is 2. The van der Waals surface area contributed by atoms with Gasteiger partial charge in [0.1, 0.15) is 11.5 Å². The Balaban J connectivity index is 1.74. The standard InChI is InChI=1S/C18H15F3N4O2/c1-10-8-14(18(19,20)21)25-15(23-10)6-7-22-17(27)12-9-16(26)24-13-5-3-2-4-11(12)13/h2-5,8-9H,6-7H2,1H3,(H,22,27)(H,24,26). The van der Waals surface area contributed by atoms with Crippen LogP contribution in [0.4, 0.5) is 13.2 Å². The van der Waals surface area contributed by atoms with E-state index in [0.29, 0.717) is 10.9 Å². The van der Waals surface area contributed by atoms with E-state index in [1.54, 1.807) is 24.3 Å². The fraction of sp³-hybridized carbons (Fsp3) is 0.222. The lowest BCUT2D eigenvalue weighted by molar-refractivity contribution is -0.141. The number of aryl methyl sites for hydroxylation is 1. The molecule has 0 saturated heterocycles. The van der Waals surface area contributed by atoms with Gasteiger partial charge in [-0.2, -0.15) is 13.2 Å². The molecule has 6 nitrogen and oxygen atoms in total. The largest absolute Gasteiger partial charge is 0.433 e. The van der Waals surface area contributed by atoms with Gasteiger partial charge >= 0.3 is 6.18 Å². The van der Waals surface area contributed by atoms with Crippen LogP contribution in [0, 0.1) is 6.92 Å². The molecule has 2 N–H and O–H groups in total. The Labute approximate surface area is 151 Å². The number of hydrogen-bond donors (Lipinski definition) is 2. The van der Waals surface area contributed by atoms with Gasteiger partial charge in [0.05, 0.1) is 5.56 Å². The monoisotopic (exact) mass is 376 g/mol. The molecule has 27 heavy (non-hydrogen) atoms. The molecule has 0 saturated carbocycles. The van der Waals surface area contributed by atoms with Crippen molar-refractivity contribution >= 4 is 16.8 Å². The molecule has 0 aliphatic heterocycles. The number of aromatic nitrogens is 3. The summed E-state index contributed by atoms with van der Waals surface area (Å²) in [5, 5.41) is 3.16. The number of halogens is 3. The van der Waals surface area contributed by atoms with Gasteiger partial charge < -0.3 is 10.3 Å². The van der Waals surface area contributed by atoms with Crippen LogP contribution in [0.25, 0.3) is 10.9 Å². The van der Waals surface area contributed by atoms with E-state index in [2.05, 4.69) is 20.3 Å². The maximum absolute atomic E-state index is 12.8. The number of H-pyrrole nitrogens is 1. The highest BCUT2D eigenvalue weighted by molar-refractivity contribution is 6.05.